The zero-order valence-corrected chi connectivity index (χ0v) is 25.2. The second-order valence-corrected chi connectivity index (χ2v) is 11.3. The highest BCUT2D eigenvalue weighted by Crippen LogP contribution is 2.16. The molecule has 11 heteroatoms. The lowest BCUT2D eigenvalue weighted by atomic mass is 10.1. The summed E-state index contributed by atoms with van der Waals surface area (Å²) < 4.78 is 22.1. The van der Waals surface area contributed by atoms with E-state index in [4.69, 9.17) is 23.8 Å². The monoisotopic (exact) mass is 605 g/mol. The average Bonchev–Trinajstić information content (AvgIpc) is 3.02. The molecule has 1 aliphatic rings. The molecule has 0 spiro atoms. The largest absolute Gasteiger partial charge is 0.487 e. The third-order valence-corrected chi connectivity index (χ3v) is 6.45. The summed E-state index contributed by atoms with van der Waals surface area (Å²) in [5.41, 5.74) is 4.26. The Morgan fingerprint density at radius 3 is 2.36 bits per heavy atom. The molecular formula is C33H39N3O8. The first-order valence-electron chi connectivity index (χ1n) is 14.6. The van der Waals surface area contributed by atoms with Crippen LogP contribution in [0.1, 0.15) is 67.2 Å². The highest BCUT2D eigenvalue weighted by Gasteiger charge is 2.26. The minimum Gasteiger partial charge on any atom is -0.487 e. The van der Waals surface area contributed by atoms with Crippen molar-refractivity contribution in [3.63, 3.8) is 0 Å². The van der Waals surface area contributed by atoms with Crippen molar-refractivity contribution in [1.82, 2.24) is 15.8 Å². The van der Waals surface area contributed by atoms with Crippen LogP contribution in [0.2, 0.25) is 0 Å². The molecule has 0 aliphatic carbocycles. The van der Waals surface area contributed by atoms with E-state index in [-0.39, 0.29) is 13.0 Å². The maximum absolute atomic E-state index is 13.1. The van der Waals surface area contributed by atoms with Gasteiger partial charge in [0.25, 0.3) is 5.91 Å². The fraction of sp³-hybridized carbons (Fsp3) is 0.394. The predicted octanol–water partition coefficient (Wildman–Crippen LogP) is 5.03. The molecule has 11 nitrogen and oxygen atoms in total. The average molecular weight is 606 g/mol. The number of carbonyl (C=O) groups excluding carboxylic acids is 3. The number of rotatable bonds is 12. The number of nitrogens with one attached hydrogen (secondary N) is 2. The molecule has 1 aromatic heterocycles. The molecule has 234 valence electrons. The van der Waals surface area contributed by atoms with Crippen LogP contribution in [0.25, 0.3) is 0 Å². The van der Waals surface area contributed by atoms with E-state index in [9.17, 15) is 14.4 Å². The summed E-state index contributed by atoms with van der Waals surface area (Å²) in [5.74, 6) is -0.499. The summed E-state index contributed by atoms with van der Waals surface area (Å²) in [5, 5.41) is 2.60. The SMILES string of the molecule is CC(C)(C)OC(=O)N[C@H](Cc1ccc(OCc2ccccc2)cn1)C(=O)OCc1ccc(C(=O)NOC2CCCCO2)cc1. The van der Waals surface area contributed by atoms with E-state index in [1.807, 2.05) is 30.3 Å². The van der Waals surface area contributed by atoms with Crippen LogP contribution in [0.3, 0.4) is 0 Å². The summed E-state index contributed by atoms with van der Waals surface area (Å²) in [6.07, 6.45) is 3.12. The number of hydroxylamine groups is 1. The van der Waals surface area contributed by atoms with Crippen LogP contribution in [0.15, 0.2) is 72.9 Å². The number of amides is 2. The molecule has 4 rings (SSSR count). The summed E-state index contributed by atoms with van der Waals surface area (Å²) in [6, 6.07) is 18.7. The maximum Gasteiger partial charge on any atom is 0.408 e. The number of aromatic nitrogens is 1. The molecule has 2 N–H and O–H groups in total. The topological polar surface area (TPSA) is 134 Å². The van der Waals surface area contributed by atoms with Crippen LogP contribution in [-0.2, 0) is 43.5 Å². The van der Waals surface area contributed by atoms with Crippen molar-refractivity contribution in [2.45, 2.75) is 77.6 Å². The number of hydrogen-bond donors (Lipinski definition) is 2. The molecule has 2 atom stereocenters. The van der Waals surface area contributed by atoms with E-state index in [1.165, 1.54) is 0 Å². The molecule has 2 amide bonds. The van der Waals surface area contributed by atoms with Gasteiger partial charge in [-0.15, -0.1) is 0 Å². The minimum absolute atomic E-state index is 0.0701. The number of benzene rings is 2. The van der Waals surface area contributed by atoms with Crippen molar-refractivity contribution >= 4 is 18.0 Å². The molecule has 1 saturated heterocycles. The highest BCUT2D eigenvalue weighted by molar-refractivity contribution is 5.93. The summed E-state index contributed by atoms with van der Waals surface area (Å²) in [6.45, 7) is 6.13. The molecule has 0 bridgehead atoms. The van der Waals surface area contributed by atoms with Crippen molar-refractivity contribution in [2.75, 3.05) is 6.61 Å². The van der Waals surface area contributed by atoms with Crippen molar-refractivity contribution in [2.24, 2.45) is 0 Å². The zero-order chi connectivity index (χ0) is 31.4. The van der Waals surface area contributed by atoms with Crippen molar-refractivity contribution < 1.29 is 38.2 Å². The molecule has 0 radical (unpaired) electrons. The Bertz CT molecular complexity index is 1350. The standard InChI is InChI=1S/C33H39N3O8/c1-33(2,3)43-32(39)35-28(19-26-16-17-27(20-34-26)41-21-23-9-5-4-6-10-23)31(38)42-22-24-12-14-25(15-13-24)30(37)36-44-29-11-7-8-18-40-29/h4-6,9-10,12-17,20,28-29H,7-8,11,18-19,21-22H2,1-3H3,(H,35,39)(H,36,37)/t28-,29?/m1/s1. The Kier molecular flexibility index (Phi) is 11.7. The Hall–Kier alpha value is -4.48. The Morgan fingerprint density at radius 2 is 1.70 bits per heavy atom. The summed E-state index contributed by atoms with van der Waals surface area (Å²) >= 11 is 0. The van der Waals surface area contributed by atoms with Crippen LogP contribution in [0.5, 0.6) is 5.75 Å². The highest BCUT2D eigenvalue weighted by atomic mass is 16.8. The minimum atomic E-state index is -1.06. The third kappa shape index (κ3) is 11.0. The van der Waals surface area contributed by atoms with Gasteiger partial charge < -0.3 is 24.3 Å². The Morgan fingerprint density at radius 1 is 0.955 bits per heavy atom. The van der Waals surface area contributed by atoms with Gasteiger partial charge in [-0.1, -0.05) is 42.5 Å². The smallest absolute Gasteiger partial charge is 0.408 e. The van der Waals surface area contributed by atoms with Gasteiger partial charge in [-0.2, -0.15) is 0 Å². The molecule has 1 fully saturated rings. The van der Waals surface area contributed by atoms with Crippen LogP contribution in [-0.4, -0.2) is 47.5 Å². The number of ether oxygens (including phenoxy) is 4. The van der Waals surface area contributed by atoms with Crippen molar-refractivity contribution in [3.8, 4) is 5.75 Å². The maximum atomic E-state index is 13.1. The van der Waals surface area contributed by atoms with E-state index in [2.05, 4.69) is 15.8 Å². The van der Waals surface area contributed by atoms with Gasteiger partial charge in [-0.3, -0.25) is 9.78 Å². The lowest BCUT2D eigenvalue weighted by Crippen LogP contribution is -2.45. The lowest BCUT2D eigenvalue weighted by Gasteiger charge is -2.23. The molecule has 44 heavy (non-hydrogen) atoms. The number of esters is 1. The van der Waals surface area contributed by atoms with Gasteiger partial charge in [-0.25, -0.2) is 19.9 Å². The lowest BCUT2D eigenvalue weighted by molar-refractivity contribution is -0.186. The fourth-order valence-electron chi connectivity index (χ4n) is 4.20. The van der Waals surface area contributed by atoms with Gasteiger partial charge in [0, 0.05) is 30.7 Å². The molecule has 0 saturated carbocycles. The number of carbonyl (C=O) groups is 3. The van der Waals surface area contributed by atoms with E-state index in [1.54, 1.807) is 63.4 Å². The quantitative estimate of drug-likeness (QED) is 0.215. The molecule has 3 aromatic rings. The van der Waals surface area contributed by atoms with Crippen LogP contribution < -0.4 is 15.5 Å². The fourth-order valence-corrected chi connectivity index (χ4v) is 4.20. The van der Waals surface area contributed by atoms with Gasteiger partial charge in [0.1, 0.15) is 30.6 Å². The first-order chi connectivity index (χ1) is 21.1. The third-order valence-electron chi connectivity index (χ3n) is 6.45. The number of pyridine rings is 1. The molecule has 1 unspecified atom stereocenters. The van der Waals surface area contributed by atoms with E-state index < -0.39 is 35.9 Å². The van der Waals surface area contributed by atoms with Gasteiger partial charge in [0.05, 0.1) is 6.20 Å². The van der Waals surface area contributed by atoms with Gasteiger partial charge >= 0.3 is 12.1 Å². The molecule has 1 aliphatic heterocycles. The first kappa shape index (κ1) is 32.4. The van der Waals surface area contributed by atoms with E-state index in [0.29, 0.717) is 35.8 Å². The number of hydrogen-bond acceptors (Lipinski definition) is 9. The van der Waals surface area contributed by atoms with Crippen LogP contribution in [0.4, 0.5) is 4.79 Å². The predicted molar refractivity (Wildman–Crippen MR) is 160 cm³/mol. The number of alkyl carbamates (subject to hydrolysis) is 1. The Labute approximate surface area is 257 Å². The van der Waals surface area contributed by atoms with Gasteiger partial charge in [0.15, 0.2) is 6.29 Å². The molecule has 2 aromatic carbocycles. The van der Waals surface area contributed by atoms with E-state index >= 15 is 0 Å². The number of nitrogens with zero attached hydrogens (tertiary/aromatic N) is 1. The van der Waals surface area contributed by atoms with Crippen LogP contribution in [0, 0.1) is 0 Å². The van der Waals surface area contributed by atoms with Crippen LogP contribution >= 0.6 is 0 Å². The summed E-state index contributed by atoms with van der Waals surface area (Å²) in [4.78, 5) is 47.8. The first-order valence-corrected chi connectivity index (χ1v) is 14.6. The zero-order valence-electron chi connectivity index (χ0n) is 25.2. The van der Waals surface area contributed by atoms with Gasteiger partial charge in [-0.05, 0) is 69.0 Å². The normalized spacial score (nSPS) is 15.5. The van der Waals surface area contributed by atoms with Crippen molar-refractivity contribution in [3.05, 3.63) is 95.3 Å². The summed E-state index contributed by atoms with van der Waals surface area (Å²) in [7, 11) is 0. The second-order valence-electron chi connectivity index (χ2n) is 11.3. The molecule has 2 heterocycles. The van der Waals surface area contributed by atoms with Gasteiger partial charge in [0.2, 0.25) is 0 Å². The molecular weight excluding hydrogens is 566 g/mol. The van der Waals surface area contributed by atoms with E-state index in [0.717, 1.165) is 24.8 Å². The van der Waals surface area contributed by atoms with Crippen molar-refractivity contribution in [1.29, 1.82) is 0 Å². The Balaban J connectivity index is 1.32. The second kappa shape index (κ2) is 15.8.